The Hall–Kier alpha value is -2.11. The molecule has 0 aliphatic heterocycles. The van der Waals surface area contributed by atoms with Crippen molar-refractivity contribution in [3.05, 3.63) is 24.3 Å². The Kier molecular flexibility index (Phi) is 5.96. The number of benzene rings is 1. The summed E-state index contributed by atoms with van der Waals surface area (Å²) in [4.78, 5) is 11.1. The van der Waals surface area contributed by atoms with Crippen molar-refractivity contribution in [2.75, 3.05) is 19.8 Å². The van der Waals surface area contributed by atoms with E-state index in [0.717, 1.165) is 0 Å². The lowest BCUT2D eigenvalue weighted by molar-refractivity contribution is -0.140. The van der Waals surface area contributed by atoms with E-state index < -0.39 is 29.1 Å². The fraction of sp³-hybridized carbons (Fsp3) is 0.333. The summed E-state index contributed by atoms with van der Waals surface area (Å²) in [5, 5.41) is 8.21. The molecular weight excluding hydrogens is 284 g/mol. The lowest BCUT2D eigenvalue weighted by atomic mass is 10.3. The maximum absolute atomic E-state index is 11.9. The second kappa shape index (κ2) is 7.47. The molecule has 0 aliphatic carbocycles. The fourth-order valence-corrected chi connectivity index (χ4v) is 2.25. The molecule has 8 heteroatoms. The summed E-state index contributed by atoms with van der Waals surface area (Å²) >= 11 is 0. The summed E-state index contributed by atoms with van der Waals surface area (Å²) in [7, 11) is -3.80. The van der Waals surface area contributed by atoms with Crippen LogP contribution in [-0.2, 0) is 19.6 Å². The Morgan fingerprint density at radius 1 is 1.35 bits per heavy atom. The van der Waals surface area contributed by atoms with Crippen LogP contribution in [0, 0.1) is 11.3 Å². The van der Waals surface area contributed by atoms with Crippen LogP contribution < -0.4 is 9.46 Å². The van der Waals surface area contributed by atoms with Crippen LogP contribution in [-0.4, -0.2) is 34.1 Å². The maximum atomic E-state index is 11.9. The van der Waals surface area contributed by atoms with Gasteiger partial charge in [-0.05, 0) is 31.2 Å². The SMILES string of the molecule is CCOc1ccc(S(=O)(=O)NCC(=O)OCC#N)cc1. The smallest absolute Gasteiger partial charge is 0.322 e. The van der Waals surface area contributed by atoms with Gasteiger partial charge < -0.3 is 9.47 Å². The minimum atomic E-state index is -3.80. The third-order valence-electron chi connectivity index (χ3n) is 2.15. The van der Waals surface area contributed by atoms with E-state index in [0.29, 0.717) is 12.4 Å². The summed E-state index contributed by atoms with van der Waals surface area (Å²) in [5.74, 6) is -0.263. The zero-order chi connectivity index (χ0) is 15.0. The van der Waals surface area contributed by atoms with Gasteiger partial charge in [0.15, 0.2) is 6.61 Å². The van der Waals surface area contributed by atoms with Gasteiger partial charge in [0.1, 0.15) is 18.4 Å². The first-order chi connectivity index (χ1) is 9.49. The molecule has 1 aromatic carbocycles. The van der Waals surface area contributed by atoms with Gasteiger partial charge in [-0.3, -0.25) is 4.79 Å². The largest absolute Gasteiger partial charge is 0.494 e. The predicted molar refractivity (Wildman–Crippen MR) is 69.4 cm³/mol. The summed E-state index contributed by atoms with van der Waals surface area (Å²) in [6.45, 7) is 1.36. The van der Waals surface area contributed by atoms with E-state index in [1.165, 1.54) is 24.3 Å². The van der Waals surface area contributed by atoms with Crippen molar-refractivity contribution >= 4 is 16.0 Å². The second-order valence-corrected chi connectivity index (χ2v) is 5.31. The van der Waals surface area contributed by atoms with Crippen LogP contribution in [0.4, 0.5) is 0 Å². The lowest BCUT2D eigenvalue weighted by Gasteiger charge is -2.07. The molecule has 0 radical (unpaired) electrons. The fourth-order valence-electron chi connectivity index (χ4n) is 1.28. The summed E-state index contributed by atoms with van der Waals surface area (Å²) in [6.07, 6.45) is 0. The Labute approximate surface area is 117 Å². The average Bonchev–Trinajstić information content (AvgIpc) is 2.44. The quantitative estimate of drug-likeness (QED) is 0.732. The van der Waals surface area contributed by atoms with Gasteiger partial charge in [-0.25, -0.2) is 8.42 Å². The second-order valence-electron chi connectivity index (χ2n) is 3.55. The van der Waals surface area contributed by atoms with E-state index in [2.05, 4.69) is 9.46 Å². The van der Waals surface area contributed by atoms with Gasteiger partial charge in [-0.15, -0.1) is 0 Å². The summed E-state index contributed by atoms with van der Waals surface area (Å²) < 4.78 is 35.4. The molecule has 1 N–H and O–H groups in total. The number of carbonyl (C=O) groups excluding carboxylic acids is 1. The lowest BCUT2D eigenvalue weighted by Crippen LogP contribution is -2.30. The number of carbonyl (C=O) groups is 1. The van der Waals surface area contributed by atoms with Crippen molar-refractivity contribution in [1.82, 2.24) is 4.72 Å². The molecule has 0 atom stereocenters. The zero-order valence-electron chi connectivity index (χ0n) is 10.8. The van der Waals surface area contributed by atoms with Crippen molar-refractivity contribution in [2.45, 2.75) is 11.8 Å². The molecule has 108 valence electrons. The summed E-state index contributed by atoms with van der Waals surface area (Å²) in [5.41, 5.74) is 0. The number of nitriles is 1. The predicted octanol–water partition coefficient (Wildman–Crippen LogP) is 0.430. The minimum Gasteiger partial charge on any atom is -0.494 e. The van der Waals surface area contributed by atoms with Crippen LogP contribution in [0.2, 0.25) is 0 Å². The van der Waals surface area contributed by atoms with Crippen LogP contribution in [0.25, 0.3) is 0 Å². The molecule has 0 aromatic heterocycles. The van der Waals surface area contributed by atoms with Crippen LogP contribution in [0.3, 0.4) is 0 Å². The van der Waals surface area contributed by atoms with E-state index in [1.807, 2.05) is 6.92 Å². The van der Waals surface area contributed by atoms with E-state index >= 15 is 0 Å². The molecule has 7 nitrogen and oxygen atoms in total. The highest BCUT2D eigenvalue weighted by molar-refractivity contribution is 7.89. The molecule has 0 fully saturated rings. The number of esters is 1. The van der Waals surface area contributed by atoms with Gasteiger partial charge >= 0.3 is 5.97 Å². The van der Waals surface area contributed by atoms with Crippen LogP contribution >= 0.6 is 0 Å². The van der Waals surface area contributed by atoms with Gasteiger partial charge in [0.05, 0.1) is 11.5 Å². The first-order valence-electron chi connectivity index (χ1n) is 5.74. The highest BCUT2D eigenvalue weighted by Gasteiger charge is 2.16. The normalized spacial score (nSPS) is 10.6. The Balaban J connectivity index is 2.64. The first kappa shape index (κ1) is 15.9. The van der Waals surface area contributed by atoms with Gasteiger partial charge in [0, 0.05) is 0 Å². The zero-order valence-corrected chi connectivity index (χ0v) is 11.6. The highest BCUT2D eigenvalue weighted by Crippen LogP contribution is 2.15. The number of hydrogen-bond acceptors (Lipinski definition) is 6. The Morgan fingerprint density at radius 3 is 2.55 bits per heavy atom. The molecular formula is C12H14N2O5S. The number of ether oxygens (including phenoxy) is 2. The minimum absolute atomic E-state index is 0.00837. The average molecular weight is 298 g/mol. The molecule has 0 amide bonds. The molecule has 0 unspecified atom stereocenters. The molecule has 1 aromatic rings. The van der Waals surface area contributed by atoms with E-state index in [1.54, 1.807) is 6.07 Å². The highest BCUT2D eigenvalue weighted by atomic mass is 32.2. The summed E-state index contributed by atoms with van der Waals surface area (Å²) in [6, 6.07) is 7.39. The number of hydrogen-bond donors (Lipinski definition) is 1. The monoisotopic (exact) mass is 298 g/mol. The van der Waals surface area contributed by atoms with Crippen molar-refractivity contribution in [3.8, 4) is 11.8 Å². The van der Waals surface area contributed by atoms with Gasteiger partial charge in [-0.2, -0.15) is 9.98 Å². The number of sulfonamides is 1. The van der Waals surface area contributed by atoms with Crippen molar-refractivity contribution < 1.29 is 22.7 Å². The molecule has 20 heavy (non-hydrogen) atoms. The number of nitrogens with zero attached hydrogens (tertiary/aromatic N) is 1. The number of rotatable bonds is 7. The Morgan fingerprint density at radius 2 is 2.00 bits per heavy atom. The van der Waals surface area contributed by atoms with E-state index in [4.69, 9.17) is 10.00 Å². The van der Waals surface area contributed by atoms with Crippen LogP contribution in [0.15, 0.2) is 29.2 Å². The third-order valence-corrected chi connectivity index (χ3v) is 3.57. The molecule has 0 heterocycles. The molecule has 0 bridgehead atoms. The van der Waals surface area contributed by atoms with Crippen LogP contribution in [0.5, 0.6) is 5.75 Å². The van der Waals surface area contributed by atoms with E-state index in [9.17, 15) is 13.2 Å². The van der Waals surface area contributed by atoms with Crippen molar-refractivity contribution in [2.24, 2.45) is 0 Å². The van der Waals surface area contributed by atoms with Gasteiger partial charge in [0.2, 0.25) is 10.0 Å². The van der Waals surface area contributed by atoms with Gasteiger partial charge in [-0.1, -0.05) is 0 Å². The molecule has 0 saturated carbocycles. The molecule has 0 aliphatic rings. The van der Waals surface area contributed by atoms with E-state index in [-0.39, 0.29) is 4.90 Å². The topological polar surface area (TPSA) is 105 Å². The van der Waals surface area contributed by atoms with Crippen molar-refractivity contribution in [1.29, 1.82) is 5.26 Å². The standard InChI is InChI=1S/C12H14N2O5S/c1-2-18-10-3-5-11(6-4-10)20(16,17)14-9-12(15)19-8-7-13/h3-6,14H,2,8-9H2,1H3. The number of nitrogens with one attached hydrogen (secondary N) is 1. The van der Waals surface area contributed by atoms with Gasteiger partial charge in [0.25, 0.3) is 0 Å². The van der Waals surface area contributed by atoms with Crippen molar-refractivity contribution in [3.63, 3.8) is 0 Å². The Bertz CT molecular complexity index is 589. The third kappa shape index (κ3) is 4.87. The maximum Gasteiger partial charge on any atom is 0.322 e. The first-order valence-corrected chi connectivity index (χ1v) is 7.23. The molecule has 1 rings (SSSR count). The molecule has 0 saturated heterocycles. The molecule has 0 spiro atoms. The van der Waals surface area contributed by atoms with Crippen LogP contribution in [0.1, 0.15) is 6.92 Å².